The average molecular weight is 454 g/mol. The lowest BCUT2D eigenvalue weighted by atomic mass is 9.47. The van der Waals surface area contributed by atoms with Gasteiger partial charge < -0.3 is 20.3 Å². The largest absolute Gasteiger partial charge is 0.396 e. The number of rotatable bonds is 7. The lowest BCUT2D eigenvalue weighted by Crippen LogP contribution is -2.57. The number of anilines is 1. The molecule has 174 valence electrons. The quantitative estimate of drug-likeness (QED) is 0.502. The van der Waals surface area contributed by atoms with E-state index in [1.54, 1.807) is 0 Å². The first kappa shape index (κ1) is 24.1. The molecule has 8 nitrogen and oxygen atoms in total. The van der Waals surface area contributed by atoms with Crippen LogP contribution in [0.25, 0.3) is 0 Å². The molecule has 0 aromatic carbocycles. The molecule has 3 rings (SSSR count). The Morgan fingerprint density at radius 3 is 2.65 bits per heavy atom. The van der Waals surface area contributed by atoms with E-state index in [1.165, 1.54) is 18.4 Å². The SMILES string of the molecule is COCC(=O)Nc1nc2c(s1)CC1C(C)(CO)C(O)CCC1(C)C2CC(=O)NC(C)C. The third-order valence-electron chi connectivity index (χ3n) is 7.25. The van der Waals surface area contributed by atoms with Crippen molar-refractivity contribution < 1.29 is 24.5 Å². The van der Waals surface area contributed by atoms with E-state index in [9.17, 15) is 19.8 Å². The standard InChI is InChI=1S/C22H35N3O5S/c1-12(2)23-17(28)8-13-19-14(31-20(25-19)24-18(29)10-30-5)9-15-21(13,3)7-6-16(27)22(15,4)11-26/h12-13,15-16,26-27H,6-11H2,1-5H3,(H,23,28)(H,24,25,29). The second-order valence-corrected chi connectivity index (χ2v) is 10.9. The predicted octanol–water partition coefficient (Wildman–Crippen LogP) is 2.06. The lowest BCUT2D eigenvalue weighted by molar-refractivity contribution is -0.144. The van der Waals surface area contributed by atoms with Crippen LogP contribution in [-0.2, 0) is 20.7 Å². The van der Waals surface area contributed by atoms with Crippen molar-refractivity contribution in [2.45, 2.75) is 71.4 Å². The second-order valence-electron chi connectivity index (χ2n) is 9.77. The summed E-state index contributed by atoms with van der Waals surface area (Å²) in [6.45, 7) is 7.79. The molecule has 5 atom stereocenters. The molecule has 31 heavy (non-hydrogen) atoms. The summed E-state index contributed by atoms with van der Waals surface area (Å²) >= 11 is 1.41. The maximum absolute atomic E-state index is 12.8. The highest BCUT2D eigenvalue weighted by atomic mass is 32.1. The number of aliphatic hydroxyl groups excluding tert-OH is 2. The van der Waals surface area contributed by atoms with E-state index in [0.717, 1.165) is 17.0 Å². The van der Waals surface area contributed by atoms with Gasteiger partial charge in [-0.3, -0.25) is 14.9 Å². The molecule has 4 N–H and O–H groups in total. The van der Waals surface area contributed by atoms with Gasteiger partial charge in [-0.2, -0.15) is 0 Å². The van der Waals surface area contributed by atoms with Gasteiger partial charge in [0.05, 0.1) is 18.4 Å². The summed E-state index contributed by atoms with van der Waals surface area (Å²) in [6.07, 6.45) is 1.65. The van der Waals surface area contributed by atoms with Crippen LogP contribution in [0.15, 0.2) is 0 Å². The van der Waals surface area contributed by atoms with Crippen LogP contribution in [0.4, 0.5) is 5.13 Å². The number of hydrogen-bond donors (Lipinski definition) is 4. The molecule has 1 aromatic rings. The molecule has 5 unspecified atom stereocenters. The van der Waals surface area contributed by atoms with E-state index >= 15 is 0 Å². The van der Waals surface area contributed by atoms with Gasteiger partial charge in [0.1, 0.15) is 6.61 Å². The number of aromatic nitrogens is 1. The van der Waals surface area contributed by atoms with Crippen LogP contribution < -0.4 is 10.6 Å². The molecule has 0 saturated heterocycles. The molecule has 2 amide bonds. The van der Waals surface area contributed by atoms with Gasteiger partial charge in [-0.25, -0.2) is 4.98 Å². The monoisotopic (exact) mass is 453 g/mol. The van der Waals surface area contributed by atoms with Crippen molar-refractivity contribution in [3.8, 4) is 0 Å². The fraction of sp³-hybridized carbons (Fsp3) is 0.773. The average Bonchev–Trinajstić information content (AvgIpc) is 3.08. The lowest BCUT2D eigenvalue weighted by Gasteiger charge is -2.58. The fourth-order valence-corrected chi connectivity index (χ4v) is 6.64. The summed E-state index contributed by atoms with van der Waals surface area (Å²) in [5.74, 6) is -0.492. The third-order valence-corrected chi connectivity index (χ3v) is 8.26. The van der Waals surface area contributed by atoms with Gasteiger partial charge in [-0.15, -0.1) is 11.3 Å². The fourth-order valence-electron chi connectivity index (χ4n) is 5.55. The van der Waals surface area contributed by atoms with Crippen LogP contribution >= 0.6 is 11.3 Å². The van der Waals surface area contributed by atoms with E-state index in [2.05, 4.69) is 17.6 Å². The van der Waals surface area contributed by atoms with Crippen molar-refractivity contribution in [3.63, 3.8) is 0 Å². The molecular formula is C22H35N3O5S. The zero-order chi connectivity index (χ0) is 23.0. The number of nitrogens with zero attached hydrogens (tertiary/aromatic N) is 1. The summed E-state index contributed by atoms with van der Waals surface area (Å²) in [5, 5.41) is 27.3. The number of thiazole rings is 1. The van der Waals surface area contributed by atoms with Crippen molar-refractivity contribution in [1.29, 1.82) is 0 Å². The Morgan fingerprint density at radius 2 is 2.03 bits per heavy atom. The number of nitrogens with one attached hydrogen (secondary N) is 2. The number of aliphatic hydroxyl groups is 2. The smallest absolute Gasteiger partial charge is 0.252 e. The Morgan fingerprint density at radius 1 is 1.32 bits per heavy atom. The van der Waals surface area contributed by atoms with E-state index in [0.29, 0.717) is 18.0 Å². The first-order valence-electron chi connectivity index (χ1n) is 10.9. The van der Waals surface area contributed by atoms with Crippen LogP contribution in [0, 0.1) is 16.7 Å². The van der Waals surface area contributed by atoms with Gasteiger partial charge in [0.2, 0.25) is 5.91 Å². The molecule has 0 spiro atoms. The number of hydrogen-bond acceptors (Lipinski definition) is 7. The minimum atomic E-state index is -0.666. The molecule has 1 fully saturated rings. The number of ether oxygens (including phenoxy) is 1. The molecule has 2 aliphatic rings. The number of carbonyl (C=O) groups excluding carboxylic acids is 2. The van der Waals surface area contributed by atoms with Crippen LogP contribution in [-0.4, -0.2) is 59.5 Å². The first-order chi connectivity index (χ1) is 14.5. The first-order valence-corrected chi connectivity index (χ1v) is 11.7. The van der Waals surface area contributed by atoms with Gasteiger partial charge in [0, 0.05) is 35.8 Å². The number of methoxy groups -OCH3 is 1. The van der Waals surface area contributed by atoms with E-state index in [-0.39, 0.29) is 54.7 Å². The predicted molar refractivity (Wildman–Crippen MR) is 119 cm³/mol. The normalized spacial score (nSPS) is 32.3. The number of carbonyl (C=O) groups is 2. The minimum absolute atomic E-state index is 0.0129. The Hall–Kier alpha value is -1.55. The molecule has 0 bridgehead atoms. The maximum Gasteiger partial charge on any atom is 0.252 e. The van der Waals surface area contributed by atoms with Crippen LogP contribution in [0.5, 0.6) is 0 Å². The van der Waals surface area contributed by atoms with Crippen LogP contribution in [0.3, 0.4) is 0 Å². The summed E-state index contributed by atoms with van der Waals surface area (Å²) in [7, 11) is 1.46. The highest BCUT2D eigenvalue weighted by Crippen LogP contribution is 2.62. The highest BCUT2D eigenvalue weighted by molar-refractivity contribution is 7.15. The van der Waals surface area contributed by atoms with E-state index < -0.39 is 11.5 Å². The Bertz CT molecular complexity index is 828. The minimum Gasteiger partial charge on any atom is -0.396 e. The van der Waals surface area contributed by atoms with Gasteiger partial charge >= 0.3 is 0 Å². The molecular weight excluding hydrogens is 418 g/mol. The second kappa shape index (κ2) is 9.13. The zero-order valence-electron chi connectivity index (χ0n) is 19.0. The molecule has 0 aliphatic heterocycles. The topological polar surface area (TPSA) is 121 Å². The third kappa shape index (κ3) is 4.51. The molecule has 9 heteroatoms. The maximum atomic E-state index is 12.8. The summed E-state index contributed by atoms with van der Waals surface area (Å²) < 4.78 is 4.89. The molecule has 1 aromatic heterocycles. The summed E-state index contributed by atoms with van der Waals surface area (Å²) in [5.41, 5.74) is -0.118. The van der Waals surface area contributed by atoms with Gasteiger partial charge in [-0.05, 0) is 44.4 Å². The van der Waals surface area contributed by atoms with Crippen molar-refractivity contribution in [2.75, 3.05) is 25.6 Å². The van der Waals surface area contributed by atoms with Crippen molar-refractivity contribution in [2.24, 2.45) is 16.7 Å². The number of fused-ring (bicyclic) bond motifs is 2. The highest BCUT2D eigenvalue weighted by Gasteiger charge is 2.59. The summed E-state index contributed by atoms with van der Waals surface area (Å²) in [6, 6.07) is 0.0365. The van der Waals surface area contributed by atoms with Crippen LogP contribution in [0.2, 0.25) is 0 Å². The van der Waals surface area contributed by atoms with E-state index in [4.69, 9.17) is 9.72 Å². The molecule has 0 radical (unpaired) electrons. The van der Waals surface area contributed by atoms with Gasteiger partial charge in [-0.1, -0.05) is 13.8 Å². The van der Waals surface area contributed by atoms with Crippen molar-refractivity contribution in [1.82, 2.24) is 10.3 Å². The zero-order valence-corrected chi connectivity index (χ0v) is 19.8. The number of amides is 2. The molecule has 1 saturated carbocycles. The Labute approximate surface area is 187 Å². The summed E-state index contributed by atoms with van der Waals surface area (Å²) in [4.78, 5) is 30.6. The van der Waals surface area contributed by atoms with Gasteiger partial charge in [0.25, 0.3) is 5.91 Å². The van der Waals surface area contributed by atoms with Crippen molar-refractivity contribution in [3.05, 3.63) is 10.6 Å². The Kier molecular flexibility index (Phi) is 7.10. The van der Waals surface area contributed by atoms with Gasteiger partial charge in [0.15, 0.2) is 5.13 Å². The molecule has 1 heterocycles. The molecule has 2 aliphatic carbocycles. The van der Waals surface area contributed by atoms with E-state index in [1.807, 2.05) is 20.8 Å². The van der Waals surface area contributed by atoms with Crippen LogP contribution in [0.1, 0.15) is 63.4 Å². The van der Waals surface area contributed by atoms with Crippen molar-refractivity contribution >= 4 is 28.3 Å². The Balaban J connectivity index is 2.02.